The summed E-state index contributed by atoms with van der Waals surface area (Å²) in [6, 6.07) is -0.165. The Kier molecular flexibility index (Phi) is 4.61. The van der Waals surface area contributed by atoms with Crippen molar-refractivity contribution in [2.75, 3.05) is 6.61 Å². The fraction of sp³-hybridized carbons (Fsp3) is 0.714. The van der Waals surface area contributed by atoms with E-state index in [4.69, 9.17) is 9.47 Å². The highest BCUT2D eigenvalue weighted by Gasteiger charge is 2.39. The predicted octanol–water partition coefficient (Wildman–Crippen LogP) is 1.77. The molecule has 0 radical (unpaired) electrons. The van der Waals surface area contributed by atoms with Crippen LogP contribution >= 0.6 is 0 Å². The second-order valence-corrected chi connectivity index (χ2v) is 5.72. The van der Waals surface area contributed by atoms with Crippen LogP contribution in [0.3, 0.4) is 0 Å². The van der Waals surface area contributed by atoms with E-state index < -0.39 is 17.5 Å². The summed E-state index contributed by atoms with van der Waals surface area (Å²) < 4.78 is 10.3. The van der Waals surface area contributed by atoms with Gasteiger partial charge in [0.1, 0.15) is 11.3 Å². The van der Waals surface area contributed by atoms with Gasteiger partial charge in [0.05, 0.1) is 12.5 Å². The zero-order valence-electron chi connectivity index (χ0n) is 12.5. The molecule has 0 fully saturated rings. The monoisotopic (exact) mass is 269 g/mol. The van der Waals surface area contributed by atoms with Crippen LogP contribution in [0.25, 0.3) is 0 Å². The molecule has 1 N–H and O–H groups in total. The van der Waals surface area contributed by atoms with Gasteiger partial charge in [-0.05, 0) is 47.1 Å². The summed E-state index contributed by atoms with van der Waals surface area (Å²) in [7, 11) is 0. The molecule has 0 aromatic carbocycles. The highest BCUT2D eigenvalue weighted by Crippen LogP contribution is 2.28. The van der Waals surface area contributed by atoms with Crippen LogP contribution in [0, 0.1) is 5.92 Å². The number of rotatable bonds is 3. The second-order valence-electron chi connectivity index (χ2n) is 5.72. The van der Waals surface area contributed by atoms with Crippen LogP contribution in [0.2, 0.25) is 0 Å². The Labute approximate surface area is 114 Å². The predicted molar refractivity (Wildman–Crippen MR) is 71.3 cm³/mol. The summed E-state index contributed by atoms with van der Waals surface area (Å²) in [5.41, 5.74) is 0.498. The summed E-state index contributed by atoms with van der Waals surface area (Å²) >= 11 is 0. The lowest BCUT2D eigenvalue weighted by molar-refractivity contribution is -0.150. The van der Waals surface area contributed by atoms with Gasteiger partial charge < -0.3 is 14.8 Å². The Balaban J connectivity index is 2.90. The normalized spacial score (nSPS) is 23.1. The molecule has 0 bridgehead atoms. The first kappa shape index (κ1) is 15.5. The quantitative estimate of drug-likeness (QED) is 0.791. The Morgan fingerprint density at radius 3 is 2.37 bits per heavy atom. The van der Waals surface area contributed by atoms with Crippen LogP contribution in [0.5, 0.6) is 0 Å². The van der Waals surface area contributed by atoms with Gasteiger partial charge in [0.25, 0.3) is 0 Å². The van der Waals surface area contributed by atoms with E-state index in [0.29, 0.717) is 17.9 Å². The fourth-order valence-corrected chi connectivity index (χ4v) is 2.12. The number of carbonyl (C=O) groups excluding carboxylic acids is 2. The number of esters is 2. The number of ether oxygens (including phenoxy) is 2. The van der Waals surface area contributed by atoms with Crippen molar-refractivity contribution in [3.8, 4) is 0 Å². The van der Waals surface area contributed by atoms with E-state index >= 15 is 0 Å². The Morgan fingerprint density at radius 2 is 1.89 bits per heavy atom. The number of hydrogen-bond acceptors (Lipinski definition) is 5. The molecular weight excluding hydrogens is 246 g/mol. The molecule has 0 saturated carbocycles. The smallest absolute Gasteiger partial charge is 0.354 e. The highest BCUT2D eigenvalue weighted by molar-refractivity contribution is 5.92. The van der Waals surface area contributed by atoms with Crippen LogP contribution in [0.1, 0.15) is 41.5 Å². The third kappa shape index (κ3) is 3.72. The molecule has 1 rings (SSSR count). The lowest BCUT2D eigenvalue weighted by atomic mass is 9.96. The molecule has 2 unspecified atom stereocenters. The summed E-state index contributed by atoms with van der Waals surface area (Å²) in [6.45, 7) is 11.1. The van der Waals surface area contributed by atoms with Crippen LogP contribution in [-0.2, 0) is 19.1 Å². The lowest BCUT2D eigenvalue weighted by Gasteiger charge is -2.20. The topological polar surface area (TPSA) is 64.6 Å². The van der Waals surface area contributed by atoms with E-state index in [1.54, 1.807) is 13.8 Å². The standard InChI is InChI=1S/C14H23NO4/c1-7-18-12(16)10-8(2)11(15-9(10)3)13(17)19-14(4,5)6/h9-10,15H,7H2,1-6H3. The largest absolute Gasteiger partial charge is 0.465 e. The summed E-state index contributed by atoms with van der Waals surface area (Å²) in [5.74, 6) is -1.16. The van der Waals surface area contributed by atoms with Crippen LogP contribution in [0.15, 0.2) is 11.3 Å². The molecule has 1 heterocycles. The van der Waals surface area contributed by atoms with Gasteiger partial charge >= 0.3 is 11.9 Å². The molecule has 5 heteroatoms. The number of carbonyl (C=O) groups is 2. The molecule has 0 aromatic rings. The first-order valence-electron chi connectivity index (χ1n) is 6.54. The van der Waals surface area contributed by atoms with Gasteiger partial charge in [-0.15, -0.1) is 0 Å². The Hall–Kier alpha value is -1.52. The average molecular weight is 269 g/mol. The number of nitrogens with one attached hydrogen (secondary N) is 1. The van der Waals surface area contributed by atoms with Gasteiger partial charge in [-0.25, -0.2) is 4.79 Å². The molecule has 0 saturated heterocycles. The molecule has 1 aliphatic heterocycles. The zero-order valence-corrected chi connectivity index (χ0v) is 12.5. The van der Waals surface area contributed by atoms with Crippen molar-refractivity contribution in [1.82, 2.24) is 5.32 Å². The third-order valence-corrected chi connectivity index (χ3v) is 2.88. The fourth-order valence-electron chi connectivity index (χ4n) is 2.12. The van der Waals surface area contributed by atoms with Crippen molar-refractivity contribution in [2.45, 2.75) is 53.2 Å². The highest BCUT2D eigenvalue weighted by atomic mass is 16.6. The molecule has 5 nitrogen and oxygen atoms in total. The summed E-state index contributed by atoms with van der Waals surface area (Å²) in [5, 5.41) is 3.02. The molecule has 0 aliphatic carbocycles. The second kappa shape index (κ2) is 5.63. The average Bonchev–Trinajstić information content (AvgIpc) is 2.52. The van der Waals surface area contributed by atoms with Gasteiger partial charge in [-0.2, -0.15) is 0 Å². The summed E-state index contributed by atoms with van der Waals surface area (Å²) in [4.78, 5) is 23.9. The van der Waals surface area contributed by atoms with E-state index in [1.807, 2.05) is 27.7 Å². The Bertz CT molecular complexity index is 406. The SMILES string of the molecule is CCOC(=O)C1C(C)=C(C(=O)OC(C)(C)C)NC1C. The molecule has 0 aromatic heterocycles. The van der Waals surface area contributed by atoms with Crippen molar-refractivity contribution in [2.24, 2.45) is 5.92 Å². The van der Waals surface area contributed by atoms with E-state index in [2.05, 4.69) is 5.32 Å². The zero-order chi connectivity index (χ0) is 14.8. The minimum Gasteiger partial charge on any atom is -0.465 e. The first-order chi connectivity index (χ1) is 8.67. The number of hydrogen-bond donors (Lipinski definition) is 1. The van der Waals surface area contributed by atoms with Gasteiger partial charge in [0.2, 0.25) is 0 Å². The van der Waals surface area contributed by atoms with E-state index in [1.165, 1.54) is 0 Å². The maximum atomic E-state index is 12.0. The molecule has 0 spiro atoms. The maximum Gasteiger partial charge on any atom is 0.354 e. The maximum absolute atomic E-state index is 12.0. The summed E-state index contributed by atoms with van der Waals surface area (Å²) in [6.07, 6.45) is 0. The first-order valence-corrected chi connectivity index (χ1v) is 6.54. The molecule has 2 atom stereocenters. The molecule has 19 heavy (non-hydrogen) atoms. The van der Waals surface area contributed by atoms with Gasteiger partial charge in [-0.1, -0.05) is 0 Å². The minimum absolute atomic E-state index is 0.165. The molecule has 108 valence electrons. The van der Waals surface area contributed by atoms with Crippen molar-refractivity contribution in [1.29, 1.82) is 0 Å². The minimum atomic E-state index is -0.558. The van der Waals surface area contributed by atoms with Crippen molar-refractivity contribution < 1.29 is 19.1 Å². The lowest BCUT2D eigenvalue weighted by Crippen LogP contribution is -2.34. The van der Waals surface area contributed by atoms with Gasteiger partial charge in [0.15, 0.2) is 0 Å². The molecular formula is C14H23NO4. The van der Waals surface area contributed by atoms with Gasteiger partial charge in [-0.3, -0.25) is 4.79 Å². The van der Waals surface area contributed by atoms with Crippen molar-refractivity contribution >= 4 is 11.9 Å². The van der Waals surface area contributed by atoms with Crippen LogP contribution < -0.4 is 5.32 Å². The van der Waals surface area contributed by atoms with E-state index in [0.717, 1.165) is 0 Å². The van der Waals surface area contributed by atoms with Gasteiger partial charge in [0, 0.05) is 6.04 Å². The Morgan fingerprint density at radius 1 is 1.32 bits per heavy atom. The van der Waals surface area contributed by atoms with E-state index in [-0.39, 0.29) is 12.0 Å². The van der Waals surface area contributed by atoms with E-state index in [9.17, 15) is 9.59 Å². The van der Waals surface area contributed by atoms with Crippen molar-refractivity contribution in [3.63, 3.8) is 0 Å². The van der Waals surface area contributed by atoms with Crippen LogP contribution in [0.4, 0.5) is 0 Å². The van der Waals surface area contributed by atoms with Crippen LogP contribution in [-0.4, -0.2) is 30.2 Å². The third-order valence-electron chi connectivity index (χ3n) is 2.88. The molecule has 0 amide bonds. The molecule has 1 aliphatic rings. The van der Waals surface area contributed by atoms with Crippen molar-refractivity contribution in [3.05, 3.63) is 11.3 Å².